The van der Waals surface area contributed by atoms with E-state index >= 15 is 0 Å². The van der Waals surface area contributed by atoms with Gasteiger partial charge in [-0.15, -0.1) is 0 Å². The molecule has 0 spiro atoms. The Bertz CT molecular complexity index is 1070. The zero-order chi connectivity index (χ0) is 17.3. The Balaban J connectivity index is 1.84. The number of amides is 1. The van der Waals surface area contributed by atoms with Crippen LogP contribution in [0.5, 0.6) is 5.88 Å². The highest BCUT2D eigenvalue weighted by atomic mass is 16.3. The van der Waals surface area contributed by atoms with Crippen molar-refractivity contribution in [3.8, 4) is 17.1 Å². The van der Waals surface area contributed by atoms with Crippen molar-refractivity contribution in [1.29, 1.82) is 0 Å². The summed E-state index contributed by atoms with van der Waals surface area (Å²) in [5, 5.41) is 17.1. The van der Waals surface area contributed by atoms with E-state index in [0.717, 1.165) is 0 Å². The number of hydrogen-bond acceptors (Lipinski definition) is 5. The molecule has 0 aliphatic carbocycles. The predicted molar refractivity (Wildman–Crippen MR) is 84.2 cm³/mol. The molecule has 2 aromatic heterocycles. The maximum Gasteiger partial charge on any atom is 0.328 e. The summed E-state index contributed by atoms with van der Waals surface area (Å²) in [4.78, 5) is 49.5. The van der Waals surface area contributed by atoms with Gasteiger partial charge in [0.2, 0.25) is 5.88 Å². The van der Waals surface area contributed by atoms with Crippen molar-refractivity contribution in [2.45, 2.75) is 0 Å². The molecule has 2 heterocycles. The maximum absolute atomic E-state index is 12.1. The van der Waals surface area contributed by atoms with E-state index in [0.29, 0.717) is 16.9 Å². The second kappa shape index (κ2) is 5.76. The van der Waals surface area contributed by atoms with Crippen LogP contribution in [0.1, 0.15) is 10.4 Å². The molecule has 0 aliphatic rings. The lowest BCUT2D eigenvalue weighted by molar-refractivity contribution is 0.102. The lowest BCUT2D eigenvalue weighted by Crippen LogP contribution is -2.30. The van der Waals surface area contributed by atoms with Crippen LogP contribution < -0.4 is 22.1 Å². The third kappa shape index (κ3) is 2.88. The first-order valence-electron chi connectivity index (χ1n) is 6.69. The fourth-order valence-corrected chi connectivity index (χ4v) is 2.10. The third-order valence-corrected chi connectivity index (χ3v) is 3.20. The Labute approximate surface area is 132 Å². The molecule has 0 fully saturated rings. The molecule has 122 valence electrons. The average molecular weight is 329 g/mol. The number of carbonyl (C=O) groups is 1. The summed E-state index contributed by atoms with van der Waals surface area (Å²) in [7, 11) is 0. The highest BCUT2D eigenvalue weighted by molar-refractivity contribution is 6.05. The summed E-state index contributed by atoms with van der Waals surface area (Å²) in [6.07, 6.45) is 0. The van der Waals surface area contributed by atoms with Gasteiger partial charge in [0.1, 0.15) is 0 Å². The molecule has 0 bridgehead atoms. The van der Waals surface area contributed by atoms with E-state index in [4.69, 9.17) is 0 Å². The second-order valence-corrected chi connectivity index (χ2v) is 4.84. The van der Waals surface area contributed by atoms with Crippen LogP contribution in [-0.2, 0) is 0 Å². The van der Waals surface area contributed by atoms with Gasteiger partial charge in [0, 0.05) is 11.8 Å². The molecule has 1 aromatic carbocycles. The molecule has 10 nitrogen and oxygen atoms in total. The molecule has 0 atom stereocenters. The van der Waals surface area contributed by atoms with Gasteiger partial charge < -0.3 is 10.4 Å². The quantitative estimate of drug-likeness (QED) is 0.388. The molecular weight excluding hydrogens is 318 g/mol. The number of aromatic hydroxyl groups is 1. The summed E-state index contributed by atoms with van der Waals surface area (Å²) >= 11 is 0. The van der Waals surface area contributed by atoms with E-state index in [1.165, 1.54) is 6.07 Å². The largest absolute Gasteiger partial charge is 0.494 e. The predicted octanol–water partition coefficient (Wildman–Crippen LogP) is -0.296. The molecule has 24 heavy (non-hydrogen) atoms. The van der Waals surface area contributed by atoms with Crippen molar-refractivity contribution in [3.05, 3.63) is 67.1 Å². The van der Waals surface area contributed by atoms with E-state index in [9.17, 15) is 24.3 Å². The molecule has 3 rings (SSSR count). The van der Waals surface area contributed by atoms with Gasteiger partial charge in [-0.1, -0.05) is 12.1 Å². The van der Waals surface area contributed by atoms with Crippen LogP contribution >= 0.6 is 0 Å². The number of hydrogen-bond donors (Lipinski definition) is 6. The number of carbonyl (C=O) groups excluding carboxylic acids is 1. The SMILES string of the molecule is O=C(Nc1ccc(-c2cc(=O)[nH][nH]2)cc1)c1c(O)[nH]c(=O)[nH]c1=O. The van der Waals surface area contributed by atoms with Gasteiger partial charge in [-0.3, -0.25) is 34.5 Å². The maximum atomic E-state index is 12.1. The fraction of sp³-hybridized carbons (Fsp3) is 0. The molecule has 10 heteroatoms. The highest BCUT2D eigenvalue weighted by Crippen LogP contribution is 2.18. The Hall–Kier alpha value is -3.82. The van der Waals surface area contributed by atoms with Gasteiger partial charge in [-0.25, -0.2) is 4.79 Å². The lowest BCUT2D eigenvalue weighted by atomic mass is 10.1. The normalized spacial score (nSPS) is 10.5. The Morgan fingerprint density at radius 1 is 1.00 bits per heavy atom. The van der Waals surface area contributed by atoms with Crippen LogP contribution in [0, 0.1) is 0 Å². The summed E-state index contributed by atoms with van der Waals surface area (Å²) in [5.74, 6) is -1.70. The standard InChI is InChI=1S/C14H11N5O5/c20-9-5-8(18-19-9)6-1-3-7(4-2-6)15-11(21)10-12(22)16-14(24)17-13(10)23/h1-5H,(H,15,21)(H2,18,19,20)(H3,16,17,22,23,24). The van der Waals surface area contributed by atoms with Crippen molar-refractivity contribution >= 4 is 11.6 Å². The first-order valence-corrected chi connectivity index (χ1v) is 6.69. The van der Waals surface area contributed by atoms with Crippen molar-refractivity contribution < 1.29 is 9.90 Å². The Morgan fingerprint density at radius 2 is 1.71 bits per heavy atom. The molecule has 0 saturated heterocycles. The molecule has 3 aromatic rings. The summed E-state index contributed by atoms with van der Waals surface area (Å²) in [5.41, 5.74) is -1.16. The number of aromatic amines is 4. The van der Waals surface area contributed by atoms with E-state index in [1.807, 2.05) is 9.97 Å². The summed E-state index contributed by atoms with van der Waals surface area (Å²) in [6.45, 7) is 0. The Morgan fingerprint density at radius 3 is 2.29 bits per heavy atom. The van der Waals surface area contributed by atoms with Gasteiger partial charge in [0.05, 0.1) is 5.69 Å². The lowest BCUT2D eigenvalue weighted by Gasteiger charge is -2.06. The minimum atomic E-state index is -1.00. The van der Waals surface area contributed by atoms with E-state index in [-0.39, 0.29) is 5.56 Å². The van der Waals surface area contributed by atoms with Gasteiger partial charge >= 0.3 is 5.69 Å². The average Bonchev–Trinajstić information content (AvgIpc) is 2.93. The van der Waals surface area contributed by atoms with E-state index < -0.39 is 28.6 Å². The number of benzene rings is 1. The van der Waals surface area contributed by atoms with Crippen molar-refractivity contribution in [1.82, 2.24) is 20.2 Å². The highest BCUT2D eigenvalue weighted by Gasteiger charge is 2.17. The molecule has 0 saturated carbocycles. The number of nitrogens with one attached hydrogen (secondary N) is 5. The zero-order valence-electron chi connectivity index (χ0n) is 12.0. The van der Waals surface area contributed by atoms with E-state index in [1.54, 1.807) is 24.3 Å². The molecule has 0 unspecified atom stereocenters. The minimum Gasteiger partial charge on any atom is -0.494 e. The van der Waals surface area contributed by atoms with Crippen LogP contribution in [0.4, 0.5) is 5.69 Å². The van der Waals surface area contributed by atoms with Gasteiger partial charge in [-0.05, 0) is 17.7 Å². The third-order valence-electron chi connectivity index (χ3n) is 3.20. The molecule has 6 N–H and O–H groups in total. The van der Waals surface area contributed by atoms with Crippen molar-refractivity contribution in [2.24, 2.45) is 0 Å². The fourth-order valence-electron chi connectivity index (χ4n) is 2.10. The van der Waals surface area contributed by atoms with Crippen LogP contribution in [0.3, 0.4) is 0 Å². The molecular formula is C14H11N5O5. The van der Waals surface area contributed by atoms with Gasteiger partial charge in [-0.2, -0.15) is 0 Å². The number of anilines is 1. The first-order chi connectivity index (χ1) is 11.4. The summed E-state index contributed by atoms with van der Waals surface area (Å²) < 4.78 is 0. The Kier molecular flexibility index (Phi) is 3.62. The van der Waals surface area contributed by atoms with Crippen molar-refractivity contribution in [3.63, 3.8) is 0 Å². The number of H-pyrrole nitrogens is 4. The van der Waals surface area contributed by atoms with Gasteiger partial charge in [0.25, 0.3) is 17.0 Å². The van der Waals surface area contributed by atoms with Gasteiger partial charge in [0.15, 0.2) is 5.56 Å². The van der Waals surface area contributed by atoms with Crippen molar-refractivity contribution in [2.75, 3.05) is 5.32 Å². The van der Waals surface area contributed by atoms with Crippen LogP contribution in [0.15, 0.2) is 44.7 Å². The van der Waals surface area contributed by atoms with Crippen LogP contribution in [-0.4, -0.2) is 31.2 Å². The molecule has 0 aliphatic heterocycles. The monoisotopic (exact) mass is 329 g/mol. The second-order valence-electron chi connectivity index (χ2n) is 4.84. The van der Waals surface area contributed by atoms with Crippen LogP contribution in [0.2, 0.25) is 0 Å². The number of rotatable bonds is 3. The van der Waals surface area contributed by atoms with E-state index in [2.05, 4.69) is 15.5 Å². The van der Waals surface area contributed by atoms with Crippen LogP contribution in [0.25, 0.3) is 11.3 Å². The topological polar surface area (TPSA) is 164 Å². The molecule has 1 amide bonds. The zero-order valence-corrected chi connectivity index (χ0v) is 12.0. The first kappa shape index (κ1) is 15.1. The molecule has 0 radical (unpaired) electrons. The number of aromatic nitrogens is 4. The minimum absolute atomic E-state index is 0.268. The smallest absolute Gasteiger partial charge is 0.328 e. The summed E-state index contributed by atoms with van der Waals surface area (Å²) in [6, 6.07) is 7.77.